The van der Waals surface area contributed by atoms with Gasteiger partial charge in [0.25, 0.3) is 0 Å². The molecule has 1 amide bonds. The third-order valence-electron chi connectivity index (χ3n) is 7.04. The molecule has 0 radical (unpaired) electrons. The van der Waals surface area contributed by atoms with Crippen molar-refractivity contribution in [3.05, 3.63) is 42.2 Å². The van der Waals surface area contributed by atoms with Crippen LogP contribution in [0.1, 0.15) is 31.9 Å². The Balaban J connectivity index is 1.27. The Morgan fingerprint density at radius 3 is 2.68 bits per heavy atom. The SMILES string of the molecule is COc1cc2c(Oc3ccc(NC(=O)C4(C)CC4)c(C)n3)ccnc2cc1OCCCN1CCOCC1. The number of amides is 1. The highest BCUT2D eigenvalue weighted by Gasteiger charge is 2.45. The van der Waals surface area contributed by atoms with Crippen LogP contribution >= 0.6 is 0 Å². The summed E-state index contributed by atoms with van der Waals surface area (Å²) < 4.78 is 23.2. The number of benzene rings is 1. The van der Waals surface area contributed by atoms with Gasteiger partial charge in [0.1, 0.15) is 5.75 Å². The fourth-order valence-corrected chi connectivity index (χ4v) is 4.31. The average molecular weight is 507 g/mol. The second kappa shape index (κ2) is 10.9. The summed E-state index contributed by atoms with van der Waals surface area (Å²) in [5, 5.41) is 3.78. The average Bonchev–Trinajstić information content (AvgIpc) is 3.67. The van der Waals surface area contributed by atoms with Gasteiger partial charge in [0.05, 0.1) is 43.8 Å². The van der Waals surface area contributed by atoms with Crippen molar-refractivity contribution in [3.63, 3.8) is 0 Å². The minimum atomic E-state index is -0.248. The summed E-state index contributed by atoms with van der Waals surface area (Å²) in [7, 11) is 1.62. The molecule has 1 saturated heterocycles. The zero-order valence-corrected chi connectivity index (χ0v) is 21.7. The van der Waals surface area contributed by atoms with Gasteiger partial charge < -0.3 is 24.3 Å². The Hall–Kier alpha value is -3.43. The molecule has 196 valence electrons. The summed E-state index contributed by atoms with van der Waals surface area (Å²) in [6, 6.07) is 9.14. The number of nitrogens with zero attached hydrogens (tertiary/aromatic N) is 3. The molecular formula is C28H34N4O5. The number of ether oxygens (including phenoxy) is 4. The van der Waals surface area contributed by atoms with Crippen molar-refractivity contribution in [2.75, 3.05) is 51.9 Å². The van der Waals surface area contributed by atoms with Crippen LogP contribution in [0.3, 0.4) is 0 Å². The van der Waals surface area contributed by atoms with Crippen LogP contribution in [0.15, 0.2) is 36.5 Å². The summed E-state index contributed by atoms with van der Waals surface area (Å²) in [6.07, 6.45) is 4.46. The molecule has 2 fully saturated rings. The topological polar surface area (TPSA) is 95.0 Å². The van der Waals surface area contributed by atoms with Crippen LogP contribution in [-0.4, -0.2) is 67.3 Å². The van der Waals surface area contributed by atoms with E-state index in [1.54, 1.807) is 25.4 Å². The van der Waals surface area contributed by atoms with Crippen molar-refractivity contribution in [1.82, 2.24) is 14.9 Å². The van der Waals surface area contributed by atoms with E-state index in [-0.39, 0.29) is 11.3 Å². The Labute approximate surface area is 217 Å². The van der Waals surface area contributed by atoms with Gasteiger partial charge in [-0.15, -0.1) is 0 Å². The third-order valence-corrected chi connectivity index (χ3v) is 7.04. The molecule has 5 rings (SSSR count). The maximum Gasteiger partial charge on any atom is 0.230 e. The molecule has 1 saturated carbocycles. The number of hydrogen-bond donors (Lipinski definition) is 1. The fraction of sp³-hybridized carbons (Fsp3) is 0.464. The highest BCUT2D eigenvalue weighted by atomic mass is 16.5. The highest BCUT2D eigenvalue weighted by molar-refractivity contribution is 5.97. The summed E-state index contributed by atoms with van der Waals surface area (Å²) in [5.74, 6) is 2.35. The lowest BCUT2D eigenvalue weighted by Gasteiger charge is -2.26. The smallest absolute Gasteiger partial charge is 0.230 e. The van der Waals surface area contributed by atoms with Crippen molar-refractivity contribution < 1.29 is 23.7 Å². The van der Waals surface area contributed by atoms with E-state index in [9.17, 15) is 4.79 Å². The number of hydrogen-bond acceptors (Lipinski definition) is 8. The summed E-state index contributed by atoms with van der Waals surface area (Å²) in [5.41, 5.74) is 1.88. The monoisotopic (exact) mass is 506 g/mol. The second-order valence-corrected chi connectivity index (χ2v) is 9.88. The first-order chi connectivity index (χ1) is 17.9. The molecule has 1 aromatic carbocycles. The number of nitrogens with one attached hydrogen (secondary N) is 1. The number of rotatable bonds is 10. The number of morpholine rings is 1. The zero-order valence-electron chi connectivity index (χ0n) is 21.7. The lowest BCUT2D eigenvalue weighted by atomic mass is 10.1. The Morgan fingerprint density at radius 2 is 1.95 bits per heavy atom. The number of aryl methyl sites for hydroxylation is 1. The second-order valence-electron chi connectivity index (χ2n) is 9.88. The normalized spacial score (nSPS) is 16.8. The van der Waals surface area contributed by atoms with Gasteiger partial charge in [-0.05, 0) is 44.4 Å². The van der Waals surface area contributed by atoms with E-state index in [4.69, 9.17) is 18.9 Å². The fourth-order valence-electron chi connectivity index (χ4n) is 4.31. The molecular weight excluding hydrogens is 472 g/mol. The number of carbonyl (C=O) groups is 1. The minimum absolute atomic E-state index is 0.0393. The van der Waals surface area contributed by atoms with Crippen LogP contribution in [0.4, 0.5) is 5.69 Å². The largest absolute Gasteiger partial charge is 0.493 e. The Kier molecular flexibility index (Phi) is 7.43. The molecule has 0 bridgehead atoms. The van der Waals surface area contributed by atoms with E-state index in [0.29, 0.717) is 41.1 Å². The van der Waals surface area contributed by atoms with E-state index >= 15 is 0 Å². The quantitative estimate of drug-likeness (QED) is 0.400. The number of anilines is 1. The predicted molar refractivity (Wildman–Crippen MR) is 141 cm³/mol. The summed E-state index contributed by atoms with van der Waals surface area (Å²) in [6.45, 7) is 8.93. The molecule has 1 aliphatic heterocycles. The van der Waals surface area contributed by atoms with Gasteiger partial charge in [-0.3, -0.25) is 14.7 Å². The molecule has 1 N–H and O–H groups in total. The molecule has 9 nitrogen and oxygen atoms in total. The Bertz CT molecular complexity index is 1270. The van der Waals surface area contributed by atoms with Gasteiger partial charge >= 0.3 is 0 Å². The molecule has 0 unspecified atom stereocenters. The van der Waals surface area contributed by atoms with Crippen molar-refractivity contribution in [3.8, 4) is 23.1 Å². The van der Waals surface area contributed by atoms with Gasteiger partial charge in [0.2, 0.25) is 11.8 Å². The lowest BCUT2D eigenvalue weighted by molar-refractivity contribution is -0.120. The number of pyridine rings is 2. The molecule has 0 spiro atoms. The molecule has 1 aliphatic carbocycles. The van der Waals surface area contributed by atoms with Gasteiger partial charge in [-0.2, -0.15) is 0 Å². The standard InChI is InChI=1S/C28H34N4O5/c1-19-21(31-27(33)28(2)8-9-28)5-6-26(30-19)37-23-7-10-29-22-18-25(24(34-3)17-20(22)23)36-14-4-11-32-12-15-35-16-13-32/h5-7,10,17-18H,4,8-9,11-16H2,1-3H3,(H,31,33). The van der Waals surface area contributed by atoms with Gasteiger partial charge in [0, 0.05) is 48.8 Å². The highest BCUT2D eigenvalue weighted by Crippen LogP contribution is 2.46. The number of methoxy groups -OCH3 is 1. The summed E-state index contributed by atoms with van der Waals surface area (Å²) >= 11 is 0. The van der Waals surface area contributed by atoms with E-state index in [0.717, 1.165) is 63.0 Å². The van der Waals surface area contributed by atoms with E-state index < -0.39 is 0 Å². The van der Waals surface area contributed by atoms with Crippen LogP contribution in [0.2, 0.25) is 0 Å². The van der Waals surface area contributed by atoms with E-state index in [1.165, 1.54) is 0 Å². The summed E-state index contributed by atoms with van der Waals surface area (Å²) in [4.78, 5) is 23.9. The molecule has 2 aliphatic rings. The molecule has 2 aromatic heterocycles. The van der Waals surface area contributed by atoms with Gasteiger partial charge in [0.15, 0.2) is 11.5 Å². The van der Waals surface area contributed by atoms with Gasteiger partial charge in [-0.25, -0.2) is 4.98 Å². The molecule has 37 heavy (non-hydrogen) atoms. The van der Waals surface area contributed by atoms with Crippen LogP contribution in [0, 0.1) is 12.3 Å². The minimum Gasteiger partial charge on any atom is -0.493 e. The third kappa shape index (κ3) is 5.94. The first-order valence-electron chi connectivity index (χ1n) is 12.8. The molecule has 9 heteroatoms. The van der Waals surface area contributed by atoms with E-state index in [2.05, 4.69) is 20.2 Å². The number of fused-ring (bicyclic) bond motifs is 1. The van der Waals surface area contributed by atoms with Crippen LogP contribution < -0.4 is 19.5 Å². The molecule has 3 heterocycles. The van der Waals surface area contributed by atoms with Crippen molar-refractivity contribution >= 4 is 22.5 Å². The first-order valence-corrected chi connectivity index (χ1v) is 12.8. The maximum atomic E-state index is 12.4. The zero-order chi connectivity index (χ0) is 25.8. The predicted octanol–water partition coefficient (Wildman–Crippen LogP) is 4.58. The van der Waals surface area contributed by atoms with E-state index in [1.807, 2.05) is 32.0 Å². The van der Waals surface area contributed by atoms with Crippen LogP contribution in [0.5, 0.6) is 23.1 Å². The van der Waals surface area contributed by atoms with Crippen molar-refractivity contribution in [2.45, 2.75) is 33.1 Å². The molecule has 3 aromatic rings. The first kappa shape index (κ1) is 25.2. The van der Waals surface area contributed by atoms with Crippen LogP contribution in [-0.2, 0) is 9.53 Å². The Morgan fingerprint density at radius 1 is 1.14 bits per heavy atom. The van der Waals surface area contributed by atoms with Crippen molar-refractivity contribution in [1.29, 1.82) is 0 Å². The number of aromatic nitrogens is 2. The lowest BCUT2D eigenvalue weighted by Crippen LogP contribution is -2.37. The van der Waals surface area contributed by atoms with Crippen molar-refractivity contribution in [2.24, 2.45) is 5.41 Å². The molecule has 0 atom stereocenters. The van der Waals surface area contributed by atoms with Crippen LogP contribution in [0.25, 0.3) is 10.9 Å². The van der Waals surface area contributed by atoms with Gasteiger partial charge in [-0.1, -0.05) is 6.92 Å². The number of carbonyl (C=O) groups excluding carboxylic acids is 1. The maximum absolute atomic E-state index is 12.4.